The van der Waals surface area contributed by atoms with E-state index in [9.17, 15) is 0 Å². The van der Waals surface area contributed by atoms with Crippen molar-refractivity contribution in [2.45, 2.75) is 39.9 Å². The van der Waals surface area contributed by atoms with Crippen LogP contribution in [-0.4, -0.2) is 28.5 Å². The second-order valence-electron chi connectivity index (χ2n) is 3.87. The van der Waals surface area contributed by atoms with Gasteiger partial charge in [-0.25, -0.2) is 4.90 Å². The fourth-order valence-corrected chi connectivity index (χ4v) is 1.53. The van der Waals surface area contributed by atoms with Gasteiger partial charge in [-0.05, 0) is 19.8 Å². The third kappa shape index (κ3) is 1.74. The summed E-state index contributed by atoms with van der Waals surface area (Å²) >= 11 is 0. The molecule has 0 fully saturated rings. The van der Waals surface area contributed by atoms with Crippen molar-refractivity contribution in [3.63, 3.8) is 0 Å². The van der Waals surface area contributed by atoms with Crippen molar-refractivity contribution < 1.29 is 0 Å². The molecule has 1 aliphatic rings. The van der Waals surface area contributed by atoms with E-state index in [0.717, 1.165) is 0 Å². The Morgan fingerprint density at radius 2 is 2.00 bits per heavy atom. The molecule has 1 heterocycles. The van der Waals surface area contributed by atoms with Gasteiger partial charge in [-0.3, -0.25) is 5.01 Å². The minimum absolute atomic E-state index is 0.0880. The van der Waals surface area contributed by atoms with E-state index in [4.69, 9.17) is 5.26 Å². The normalized spacial score (nSPS) is 21.8. The highest BCUT2D eigenvalue weighted by molar-refractivity contribution is 5.59. The van der Waals surface area contributed by atoms with Crippen LogP contribution in [-0.2, 0) is 0 Å². The van der Waals surface area contributed by atoms with Gasteiger partial charge in [0.15, 0.2) is 6.19 Å². The molecule has 0 saturated carbocycles. The van der Waals surface area contributed by atoms with E-state index in [1.165, 1.54) is 0 Å². The second kappa shape index (κ2) is 3.65. The van der Waals surface area contributed by atoms with E-state index in [1.807, 2.05) is 5.01 Å². The van der Waals surface area contributed by atoms with Crippen LogP contribution in [0.1, 0.15) is 27.7 Å². The smallest absolute Gasteiger partial charge is 0.187 e. The average Bonchev–Trinajstić information content (AvgIpc) is 2.46. The molecule has 4 heteroatoms. The first-order valence-corrected chi connectivity index (χ1v) is 4.58. The molecule has 4 nitrogen and oxygen atoms in total. The van der Waals surface area contributed by atoms with Crippen LogP contribution in [0.15, 0.2) is 5.10 Å². The van der Waals surface area contributed by atoms with Gasteiger partial charge in [0, 0.05) is 6.04 Å². The van der Waals surface area contributed by atoms with Gasteiger partial charge in [-0.2, -0.15) is 10.4 Å². The SMILES string of the molecule is CC(C)C1N(C#N)C=NN1C(C)C. The predicted octanol–water partition coefficient (Wildman–Crippen LogP) is 1.42. The summed E-state index contributed by atoms with van der Waals surface area (Å²) in [6, 6.07) is 0.335. The molecule has 0 N–H and O–H groups in total. The fraction of sp³-hybridized carbons (Fsp3) is 0.778. The van der Waals surface area contributed by atoms with Crippen molar-refractivity contribution in [2.24, 2.45) is 11.0 Å². The molecule has 0 aromatic carbocycles. The Morgan fingerprint density at radius 1 is 1.38 bits per heavy atom. The molecule has 0 saturated heterocycles. The lowest BCUT2D eigenvalue weighted by Crippen LogP contribution is -2.44. The topological polar surface area (TPSA) is 42.6 Å². The van der Waals surface area contributed by atoms with Crippen LogP contribution in [0.3, 0.4) is 0 Å². The largest absolute Gasteiger partial charge is 0.269 e. The molecule has 0 amide bonds. The molecule has 1 aliphatic heterocycles. The van der Waals surface area contributed by atoms with Gasteiger partial charge in [-0.15, -0.1) is 0 Å². The zero-order valence-electron chi connectivity index (χ0n) is 8.60. The average molecular weight is 180 g/mol. The van der Waals surface area contributed by atoms with Gasteiger partial charge in [0.05, 0.1) is 0 Å². The number of hydrogen-bond donors (Lipinski definition) is 0. The van der Waals surface area contributed by atoms with Gasteiger partial charge in [0.1, 0.15) is 12.5 Å². The van der Waals surface area contributed by atoms with E-state index in [0.29, 0.717) is 12.0 Å². The number of hydrazone groups is 1. The molecule has 0 spiro atoms. The van der Waals surface area contributed by atoms with Crippen LogP contribution in [0, 0.1) is 17.4 Å². The van der Waals surface area contributed by atoms with Crippen LogP contribution in [0.4, 0.5) is 0 Å². The van der Waals surface area contributed by atoms with Gasteiger partial charge >= 0.3 is 0 Å². The van der Waals surface area contributed by atoms with E-state index >= 15 is 0 Å². The van der Waals surface area contributed by atoms with Crippen LogP contribution in [0.25, 0.3) is 0 Å². The zero-order valence-corrected chi connectivity index (χ0v) is 8.60. The number of hydrogen-bond acceptors (Lipinski definition) is 4. The van der Waals surface area contributed by atoms with Gasteiger partial charge in [0.25, 0.3) is 0 Å². The van der Waals surface area contributed by atoms with E-state index in [2.05, 4.69) is 39.0 Å². The quantitative estimate of drug-likeness (QED) is 0.603. The molecule has 0 aromatic rings. The lowest BCUT2D eigenvalue weighted by atomic mass is 10.1. The van der Waals surface area contributed by atoms with E-state index < -0.39 is 0 Å². The summed E-state index contributed by atoms with van der Waals surface area (Å²) in [5, 5.41) is 15.0. The highest BCUT2D eigenvalue weighted by Gasteiger charge is 2.32. The molecule has 0 bridgehead atoms. The highest BCUT2D eigenvalue weighted by atomic mass is 15.6. The second-order valence-corrected chi connectivity index (χ2v) is 3.87. The summed E-state index contributed by atoms with van der Waals surface area (Å²) in [4.78, 5) is 1.60. The summed E-state index contributed by atoms with van der Waals surface area (Å²) < 4.78 is 0. The zero-order chi connectivity index (χ0) is 10.0. The predicted molar refractivity (Wildman–Crippen MR) is 51.5 cm³/mol. The Labute approximate surface area is 79.4 Å². The molecule has 72 valence electrons. The first-order chi connectivity index (χ1) is 6.07. The van der Waals surface area contributed by atoms with Crippen molar-refractivity contribution in [3.05, 3.63) is 0 Å². The minimum Gasteiger partial charge on any atom is -0.269 e. The first-order valence-electron chi connectivity index (χ1n) is 4.58. The molecular weight excluding hydrogens is 164 g/mol. The molecule has 0 radical (unpaired) electrons. The van der Waals surface area contributed by atoms with Gasteiger partial charge in [0.2, 0.25) is 0 Å². The maximum atomic E-state index is 8.84. The Hall–Kier alpha value is -1.24. The van der Waals surface area contributed by atoms with Crippen LogP contribution < -0.4 is 0 Å². The van der Waals surface area contributed by atoms with Crippen molar-refractivity contribution in [1.29, 1.82) is 5.26 Å². The molecule has 13 heavy (non-hydrogen) atoms. The summed E-state index contributed by atoms with van der Waals surface area (Å²) in [5.74, 6) is 0.393. The fourth-order valence-electron chi connectivity index (χ4n) is 1.53. The number of nitriles is 1. The van der Waals surface area contributed by atoms with Gasteiger partial charge in [-0.1, -0.05) is 13.8 Å². The van der Waals surface area contributed by atoms with Gasteiger partial charge < -0.3 is 0 Å². The van der Waals surface area contributed by atoms with Crippen molar-refractivity contribution >= 4 is 6.34 Å². The number of rotatable bonds is 2. The van der Waals surface area contributed by atoms with Crippen LogP contribution in [0.5, 0.6) is 0 Å². The maximum Gasteiger partial charge on any atom is 0.187 e. The lowest BCUT2D eigenvalue weighted by Gasteiger charge is -2.32. The monoisotopic (exact) mass is 180 g/mol. The Morgan fingerprint density at radius 3 is 2.38 bits per heavy atom. The Bertz CT molecular complexity index is 238. The molecule has 0 aliphatic carbocycles. The summed E-state index contributed by atoms with van der Waals surface area (Å²) in [6.07, 6.45) is 3.81. The third-order valence-corrected chi connectivity index (χ3v) is 2.11. The Kier molecular flexibility index (Phi) is 2.76. The minimum atomic E-state index is 0.0880. The molecule has 1 atom stereocenters. The van der Waals surface area contributed by atoms with Crippen molar-refractivity contribution in [1.82, 2.24) is 9.91 Å². The number of nitrogens with zero attached hydrogens (tertiary/aromatic N) is 4. The standard InChI is InChI=1S/C9H16N4/c1-7(2)9-12(5-10)6-11-13(9)8(3)4/h6-9H,1-4H3. The molecule has 1 rings (SSSR count). The molecule has 1 unspecified atom stereocenters. The molecule has 0 aromatic heterocycles. The van der Waals surface area contributed by atoms with E-state index in [-0.39, 0.29) is 6.17 Å². The van der Waals surface area contributed by atoms with E-state index in [1.54, 1.807) is 11.2 Å². The lowest BCUT2D eigenvalue weighted by molar-refractivity contribution is 0.0869. The third-order valence-electron chi connectivity index (χ3n) is 2.11. The first kappa shape index (κ1) is 9.85. The molecular formula is C9H16N4. The maximum absolute atomic E-state index is 8.84. The highest BCUT2D eigenvalue weighted by Crippen LogP contribution is 2.21. The summed E-state index contributed by atoms with van der Waals surface area (Å²) in [6.45, 7) is 8.35. The van der Waals surface area contributed by atoms with Crippen LogP contribution >= 0.6 is 0 Å². The van der Waals surface area contributed by atoms with Crippen LogP contribution in [0.2, 0.25) is 0 Å². The summed E-state index contributed by atoms with van der Waals surface area (Å²) in [5.41, 5.74) is 0. The Balaban J connectivity index is 2.80. The summed E-state index contributed by atoms with van der Waals surface area (Å²) in [7, 11) is 0. The van der Waals surface area contributed by atoms with Crippen molar-refractivity contribution in [2.75, 3.05) is 0 Å². The van der Waals surface area contributed by atoms with Crippen molar-refractivity contribution in [3.8, 4) is 6.19 Å².